The van der Waals surface area contributed by atoms with Gasteiger partial charge in [-0.1, -0.05) is 54.6 Å². The predicted octanol–water partition coefficient (Wildman–Crippen LogP) is 2.90. The zero-order valence-electron chi connectivity index (χ0n) is 18.9. The topological polar surface area (TPSA) is 113 Å². The van der Waals surface area contributed by atoms with Gasteiger partial charge in [0.15, 0.2) is 5.78 Å². The molecule has 0 radical (unpaired) electrons. The molecule has 0 aliphatic carbocycles. The number of hydrogen-bond acceptors (Lipinski definition) is 6. The summed E-state index contributed by atoms with van der Waals surface area (Å²) in [5.74, 6) is 5.58. The molecule has 5 N–H and O–H groups in total. The van der Waals surface area contributed by atoms with Crippen molar-refractivity contribution in [3.63, 3.8) is 0 Å². The average Bonchev–Trinajstić information content (AvgIpc) is 2.80. The number of Topliss-reactive ketones (excluding diaryl/α,β-unsaturated/α-hetero) is 1. The molecule has 7 nitrogen and oxygen atoms in total. The van der Waals surface area contributed by atoms with Crippen molar-refractivity contribution in [3.05, 3.63) is 101 Å². The molecule has 1 atom stereocenters. The number of hydrogen-bond donors (Lipinski definition) is 3. The van der Waals surface area contributed by atoms with Crippen molar-refractivity contribution in [3.8, 4) is 5.75 Å². The second-order valence-corrected chi connectivity index (χ2v) is 8.30. The first-order valence-corrected chi connectivity index (χ1v) is 10.7. The summed E-state index contributed by atoms with van der Waals surface area (Å²) >= 11 is 0. The summed E-state index contributed by atoms with van der Waals surface area (Å²) in [6.45, 7) is 0.254. The molecule has 0 aliphatic rings. The average molecular weight is 447 g/mol. The molecule has 0 saturated heterocycles. The molecule has 0 aromatic heterocycles. The van der Waals surface area contributed by atoms with Gasteiger partial charge in [-0.05, 0) is 41.3 Å². The number of amides is 1. The van der Waals surface area contributed by atoms with E-state index in [0.29, 0.717) is 12.0 Å². The third-order valence-electron chi connectivity index (χ3n) is 5.36. The van der Waals surface area contributed by atoms with Gasteiger partial charge in [0, 0.05) is 32.2 Å². The summed E-state index contributed by atoms with van der Waals surface area (Å²) in [6.07, 6.45) is 0.619. The second-order valence-electron chi connectivity index (χ2n) is 8.30. The Kier molecular flexibility index (Phi) is 7.95. The fraction of sp³-hybridized carbons (Fsp3) is 0.231. The van der Waals surface area contributed by atoms with Crippen LogP contribution in [0.3, 0.4) is 0 Å². The first-order valence-electron chi connectivity index (χ1n) is 10.7. The minimum atomic E-state index is -0.306. The molecule has 0 aliphatic heterocycles. The minimum absolute atomic E-state index is 0.00598. The van der Waals surface area contributed by atoms with E-state index in [1.165, 1.54) is 16.0 Å². The number of ketones is 1. The van der Waals surface area contributed by atoms with E-state index in [0.717, 1.165) is 16.7 Å². The lowest BCUT2D eigenvalue weighted by molar-refractivity contribution is 0.0823. The molecule has 3 aromatic carbocycles. The molecule has 3 aromatic rings. The number of phenols is 1. The van der Waals surface area contributed by atoms with E-state index in [1.807, 2.05) is 48.5 Å². The maximum absolute atomic E-state index is 12.8. The van der Waals surface area contributed by atoms with E-state index in [2.05, 4.69) is 0 Å². The van der Waals surface area contributed by atoms with Crippen LogP contribution in [-0.4, -0.2) is 47.3 Å². The maximum Gasteiger partial charge on any atom is 0.257 e. The Morgan fingerprint density at radius 3 is 2.36 bits per heavy atom. The van der Waals surface area contributed by atoms with Gasteiger partial charge in [-0.3, -0.25) is 15.4 Å². The molecular weight excluding hydrogens is 416 g/mol. The number of phenolic OH excluding ortho intramolecular Hbond substituents is 1. The number of nitrogens with two attached hydrogens (primary N) is 2. The molecule has 7 heteroatoms. The molecule has 0 bridgehead atoms. The van der Waals surface area contributed by atoms with Gasteiger partial charge in [-0.15, -0.1) is 0 Å². The van der Waals surface area contributed by atoms with Crippen molar-refractivity contribution in [2.75, 3.05) is 20.6 Å². The molecule has 33 heavy (non-hydrogen) atoms. The summed E-state index contributed by atoms with van der Waals surface area (Å²) in [4.78, 5) is 26.4. The summed E-state index contributed by atoms with van der Waals surface area (Å²) < 4.78 is 0. The molecule has 0 heterocycles. The van der Waals surface area contributed by atoms with Gasteiger partial charge in [0.1, 0.15) is 5.75 Å². The number of hydrazine groups is 1. The third-order valence-corrected chi connectivity index (χ3v) is 5.36. The molecule has 0 spiro atoms. The van der Waals surface area contributed by atoms with Crippen LogP contribution in [0.2, 0.25) is 0 Å². The normalized spacial score (nSPS) is 11.9. The quantitative estimate of drug-likeness (QED) is 0.265. The summed E-state index contributed by atoms with van der Waals surface area (Å²) in [5, 5.41) is 11.4. The number of rotatable bonds is 9. The van der Waals surface area contributed by atoms with Crippen LogP contribution in [0, 0.1) is 0 Å². The lowest BCUT2D eigenvalue weighted by Crippen LogP contribution is -2.35. The van der Waals surface area contributed by atoms with Crippen LogP contribution in [0.4, 0.5) is 0 Å². The zero-order valence-corrected chi connectivity index (χ0v) is 18.9. The van der Waals surface area contributed by atoms with Crippen molar-refractivity contribution >= 4 is 11.7 Å². The van der Waals surface area contributed by atoms with Crippen LogP contribution in [0.15, 0.2) is 72.8 Å². The smallest absolute Gasteiger partial charge is 0.257 e. The highest BCUT2D eigenvalue weighted by Crippen LogP contribution is 2.21. The van der Waals surface area contributed by atoms with Crippen LogP contribution in [0.25, 0.3) is 0 Å². The Labute approximate surface area is 194 Å². The van der Waals surface area contributed by atoms with Crippen LogP contribution in [0.1, 0.15) is 43.4 Å². The fourth-order valence-corrected chi connectivity index (χ4v) is 3.60. The van der Waals surface area contributed by atoms with Gasteiger partial charge in [0.2, 0.25) is 0 Å². The lowest BCUT2D eigenvalue weighted by atomic mass is 9.97. The number of carbonyl (C=O) groups is 2. The van der Waals surface area contributed by atoms with E-state index >= 15 is 0 Å². The van der Waals surface area contributed by atoms with Gasteiger partial charge in [-0.2, -0.15) is 0 Å². The summed E-state index contributed by atoms with van der Waals surface area (Å²) in [6, 6.07) is 21.8. The van der Waals surface area contributed by atoms with Crippen molar-refractivity contribution in [1.29, 1.82) is 0 Å². The van der Waals surface area contributed by atoms with E-state index < -0.39 is 0 Å². The van der Waals surface area contributed by atoms with Crippen LogP contribution in [0.5, 0.6) is 5.75 Å². The van der Waals surface area contributed by atoms with Gasteiger partial charge in [0.05, 0.1) is 12.1 Å². The van der Waals surface area contributed by atoms with Crippen molar-refractivity contribution in [1.82, 2.24) is 9.91 Å². The zero-order chi connectivity index (χ0) is 24.0. The van der Waals surface area contributed by atoms with E-state index in [-0.39, 0.29) is 42.1 Å². The van der Waals surface area contributed by atoms with Gasteiger partial charge >= 0.3 is 0 Å². The number of carbonyl (C=O) groups excluding carboxylic acids is 2. The Morgan fingerprint density at radius 2 is 1.67 bits per heavy atom. The Bertz CT molecular complexity index is 1120. The SMILES string of the molecule is CN(C)C(=O)c1cc(CN(N)CC(=O)c2cccc(CC(N)c3ccccc3)c2)ccc1O. The van der Waals surface area contributed by atoms with Crippen molar-refractivity contribution in [2.45, 2.75) is 19.0 Å². The lowest BCUT2D eigenvalue weighted by Gasteiger charge is -2.18. The van der Waals surface area contributed by atoms with Gasteiger partial charge in [0.25, 0.3) is 5.91 Å². The predicted molar refractivity (Wildman–Crippen MR) is 129 cm³/mol. The molecule has 0 fully saturated rings. The first kappa shape index (κ1) is 24.1. The number of aromatic hydroxyl groups is 1. The number of nitrogens with zero attached hydrogens (tertiary/aromatic N) is 2. The van der Waals surface area contributed by atoms with E-state index in [9.17, 15) is 14.7 Å². The van der Waals surface area contributed by atoms with E-state index in [4.69, 9.17) is 11.6 Å². The largest absolute Gasteiger partial charge is 0.507 e. The number of benzene rings is 3. The highest BCUT2D eigenvalue weighted by molar-refractivity contribution is 5.98. The molecule has 172 valence electrons. The Balaban J connectivity index is 1.64. The fourth-order valence-electron chi connectivity index (χ4n) is 3.60. The highest BCUT2D eigenvalue weighted by Gasteiger charge is 2.16. The monoisotopic (exact) mass is 446 g/mol. The molecule has 1 unspecified atom stereocenters. The minimum Gasteiger partial charge on any atom is -0.507 e. The third kappa shape index (κ3) is 6.49. The van der Waals surface area contributed by atoms with E-state index in [1.54, 1.807) is 32.3 Å². The second kappa shape index (κ2) is 10.9. The molecule has 0 saturated carbocycles. The molecular formula is C26H30N4O3. The molecule has 1 amide bonds. The van der Waals surface area contributed by atoms with Gasteiger partial charge < -0.3 is 15.7 Å². The van der Waals surface area contributed by atoms with Crippen LogP contribution < -0.4 is 11.6 Å². The summed E-state index contributed by atoms with van der Waals surface area (Å²) in [5.41, 5.74) is 9.83. The van der Waals surface area contributed by atoms with Crippen LogP contribution >= 0.6 is 0 Å². The maximum atomic E-state index is 12.8. The van der Waals surface area contributed by atoms with Crippen molar-refractivity contribution in [2.24, 2.45) is 11.6 Å². The van der Waals surface area contributed by atoms with Crippen LogP contribution in [-0.2, 0) is 13.0 Å². The standard InChI is InChI=1S/C26H30N4O3/c1-29(2)26(33)22-14-19(11-12-24(22)31)16-30(28)17-25(32)21-10-6-7-18(13-21)15-23(27)20-8-4-3-5-9-20/h3-14,23,31H,15-17,27-28H2,1-2H3. The molecule has 3 rings (SSSR count). The van der Waals surface area contributed by atoms with Gasteiger partial charge in [-0.25, -0.2) is 5.01 Å². The first-order chi connectivity index (χ1) is 15.7. The van der Waals surface area contributed by atoms with Crippen molar-refractivity contribution < 1.29 is 14.7 Å². The highest BCUT2D eigenvalue weighted by atomic mass is 16.3. The summed E-state index contributed by atoms with van der Waals surface area (Å²) in [7, 11) is 3.23. The Morgan fingerprint density at radius 1 is 0.939 bits per heavy atom. The Hall–Kier alpha value is -3.52.